The minimum atomic E-state index is -0.0963. The van der Waals surface area contributed by atoms with Gasteiger partial charge in [0.2, 0.25) is 11.8 Å². The van der Waals surface area contributed by atoms with E-state index in [0.29, 0.717) is 18.1 Å². The Morgan fingerprint density at radius 2 is 1.52 bits per heavy atom. The predicted octanol–water partition coefficient (Wildman–Crippen LogP) is 3.06. The van der Waals surface area contributed by atoms with Crippen LogP contribution in [0.3, 0.4) is 0 Å². The van der Waals surface area contributed by atoms with Crippen LogP contribution in [-0.4, -0.2) is 37.0 Å². The van der Waals surface area contributed by atoms with E-state index in [9.17, 15) is 9.59 Å². The average molecular weight is 407 g/mol. The zero-order valence-electron chi connectivity index (χ0n) is 15.2. The van der Waals surface area contributed by atoms with Crippen LogP contribution < -0.4 is 15.4 Å². The number of ether oxygens (including phenoxy) is 1. The summed E-state index contributed by atoms with van der Waals surface area (Å²) < 4.78 is 5.11. The van der Waals surface area contributed by atoms with Crippen molar-refractivity contribution in [3.8, 4) is 5.75 Å². The molecule has 0 atom stereocenters. The third-order valence-electron chi connectivity index (χ3n) is 3.76. The van der Waals surface area contributed by atoms with Gasteiger partial charge in [-0.25, -0.2) is 0 Å². The van der Waals surface area contributed by atoms with Gasteiger partial charge in [0.15, 0.2) is 0 Å². The van der Waals surface area contributed by atoms with Crippen molar-refractivity contribution < 1.29 is 14.3 Å². The number of halogens is 1. The Balaban J connectivity index is 1.55. The summed E-state index contributed by atoms with van der Waals surface area (Å²) in [6, 6.07) is 15.1. The minimum absolute atomic E-state index is 0.0704. The highest BCUT2D eigenvalue weighted by Gasteiger charge is 2.06. The number of carbonyl (C=O) groups excluding carboxylic acids is 2. The number of thioether (sulfide) groups is 1. The molecule has 2 amide bonds. The molecule has 0 aliphatic rings. The second kappa shape index (κ2) is 11.5. The molecule has 0 unspecified atom stereocenters. The lowest BCUT2D eigenvalue weighted by atomic mass is 10.1. The highest BCUT2D eigenvalue weighted by atomic mass is 35.5. The number of nitrogens with one attached hydrogen (secondary N) is 2. The highest BCUT2D eigenvalue weighted by Crippen LogP contribution is 2.11. The van der Waals surface area contributed by atoms with Crippen molar-refractivity contribution in [3.05, 3.63) is 64.7 Å². The standard InChI is InChI=1S/C20H23ClN2O3S/c1-26-18-8-4-15(5-9-18)10-11-22-19(24)13-27-14-20(25)23-12-16-2-6-17(21)7-3-16/h2-9H,10-14H2,1H3,(H,22,24)(H,23,25). The van der Waals surface area contributed by atoms with Gasteiger partial charge in [0, 0.05) is 18.1 Å². The Morgan fingerprint density at radius 3 is 2.15 bits per heavy atom. The van der Waals surface area contributed by atoms with Gasteiger partial charge in [0.05, 0.1) is 18.6 Å². The van der Waals surface area contributed by atoms with Crippen molar-refractivity contribution in [3.63, 3.8) is 0 Å². The molecule has 2 aromatic carbocycles. The molecule has 0 aliphatic heterocycles. The lowest BCUT2D eigenvalue weighted by Gasteiger charge is -2.07. The van der Waals surface area contributed by atoms with E-state index in [2.05, 4.69) is 10.6 Å². The van der Waals surface area contributed by atoms with Crippen molar-refractivity contribution in [2.24, 2.45) is 0 Å². The van der Waals surface area contributed by atoms with Crippen LogP contribution in [0.2, 0.25) is 5.02 Å². The lowest BCUT2D eigenvalue weighted by molar-refractivity contribution is -0.119. The normalized spacial score (nSPS) is 10.3. The molecule has 5 nitrogen and oxygen atoms in total. The Hall–Kier alpha value is -2.18. The molecular formula is C20H23ClN2O3S. The van der Waals surface area contributed by atoms with E-state index in [4.69, 9.17) is 16.3 Å². The Labute approximate surface area is 168 Å². The summed E-state index contributed by atoms with van der Waals surface area (Å²) in [5.41, 5.74) is 2.11. The minimum Gasteiger partial charge on any atom is -0.497 e. The maximum Gasteiger partial charge on any atom is 0.230 e. The summed E-state index contributed by atoms with van der Waals surface area (Å²) >= 11 is 7.12. The number of hydrogen-bond acceptors (Lipinski definition) is 4. The molecule has 2 rings (SSSR count). The van der Waals surface area contributed by atoms with E-state index in [1.54, 1.807) is 19.2 Å². The second-order valence-electron chi connectivity index (χ2n) is 5.84. The molecular weight excluding hydrogens is 384 g/mol. The van der Waals surface area contributed by atoms with Crippen molar-refractivity contribution >= 4 is 35.2 Å². The molecule has 7 heteroatoms. The summed E-state index contributed by atoms with van der Waals surface area (Å²) in [6.45, 7) is 1.01. The Bertz CT molecular complexity index is 736. The van der Waals surface area contributed by atoms with Gasteiger partial charge in [0.1, 0.15) is 5.75 Å². The van der Waals surface area contributed by atoms with Crippen LogP contribution in [0.4, 0.5) is 0 Å². The van der Waals surface area contributed by atoms with Crippen LogP contribution in [0.25, 0.3) is 0 Å². The van der Waals surface area contributed by atoms with Gasteiger partial charge in [-0.05, 0) is 41.8 Å². The molecule has 0 spiro atoms. The first-order valence-electron chi connectivity index (χ1n) is 8.55. The number of benzene rings is 2. The highest BCUT2D eigenvalue weighted by molar-refractivity contribution is 8.00. The van der Waals surface area contributed by atoms with Crippen LogP contribution in [0, 0.1) is 0 Å². The molecule has 27 heavy (non-hydrogen) atoms. The molecule has 144 valence electrons. The SMILES string of the molecule is COc1ccc(CCNC(=O)CSCC(=O)NCc2ccc(Cl)cc2)cc1. The van der Waals surface area contributed by atoms with Gasteiger partial charge in [0.25, 0.3) is 0 Å². The number of carbonyl (C=O) groups is 2. The molecule has 0 saturated heterocycles. The van der Waals surface area contributed by atoms with E-state index < -0.39 is 0 Å². The van der Waals surface area contributed by atoms with Crippen molar-refractivity contribution in [1.29, 1.82) is 0 Å². The summed E-state index contributed by atoms with van der Waals surface area (Å²) in [5.74, 6) is 1.16. The number of methoxy groups -OCH3 is 1. The maximum atomic E-state index is 11.8. The first-order chi connectivity index (χ1) is 13.1. The zero-order valence-corrected chi connectivity index (χ0v) is 16.7. The molecule has 0 saturated carbocycles. The van der Waals surface area contributed by atoms with Crippen LogP contribution in [0.1, 0.15) is 11.1 Å². The molecule has 0 heterocycles. The average Bonchev–Trinajstić information content (AvgIpc) is 2.68. The molecule has 0 aliphatic carbocycles. The van der Waals surface area contributed by atoms with Crippen LogP contribution in [0.5, 0.6) is 5.75 Å². The van der Waals surface area contributed by atoms with Crippen molar-refractivity contribution in [2.75, 3.05) is 25.2 Å². The molecule has 0 fully saturated rings. The molecule has 0 aromatic heterocycles. The summed E-state index contributed by atoms with van der Waals surface area (Å²) in [4.78, 5) is 23.6. The van der Waals surface area contributed by atoms with E-state index in [1.165, 1.54) is 11.8 Å². The van der Waals surface area contributed by atoms with Crippen LogP contribution >= 0.6 is 23.4 Å². The molecule has 0 bridgehead atoms. The number of hydrogen-bond donors (Lipinski definition) is 2. The third-order valence-corrected chi connectivity index (χ3v) is 4.95. The van der Waals surface area contributed by atoms with Gasteiger partial charge in [-0.2, -0.15) is 0 Å². The Kier molecular flexibility index (Phi) is 9.01. The smallest absolute Gasteiger partial charge is 0.230 e. The van der Waals surface area contributed by atoms with E-state index >= 15 is 0 Å². The monoisotopic (exact) mass is 406 g/mol. The summed E-state index contributed by atoms with van der Waals surface area (Å²) in [6.07, 6.45) is 0.752. The fourth-order valence-electron chi connectivity index (χ4n) is 2.28. The van der Waals surface area contributed by atoms with Gasteiger partial charge >= 0.3 is 0 Å². The molecule has 0 radical (unpaired) electrons. The summed E-state index contributed by atoms with van der Waals surface area (Å²) in [7, 11) is 1.63. The fourth-order valence-corrected chi connectivity index (χ4v) is 3.08. The summed E-state index contributed by atoms with van der Waals surface area (Å²) in [5, 5.41) is 6.35. The molecule has 2 N–H and O–H groups in total. The topological polar surface area (TPSA) is 67.4 Å². The van der Waals surface area contributed by atoms with Crippen molar-refractivity contribution in [1.82, 2.24) is 10.6 Å². The largest absolute Gasteiger partial charge is 0.497 e. The van der Waals surface area contributed by atoms with E-state index in [-0.39, 0.29) is 23.3 Å². The zero-order chi connectivity index (χ0) is 19.5. The Morgan fingerprint density at radius 1 is 0.926 bits per heavy atom. The molecule has 2 aromatic rings. The van der Waals surface area contributed by atoms with Crippen LogP contribution in [-0.2, 0) is 22.6 Å². The first kappa shape index (κ1) is 21.1. The fraction of sp³-hybridized carbons (Fsp3) is 0.300. The third kappa shape index (κ3) is 8.37. The quantitative estimate of drug-likeness (QED) is 0.636. The van der Waals surface area contributed by atoms with Gasteiger partial charge in [-0.15, -0.1) is 11.8 Å². The van der Waals surface area contributed by atoms with Gasteiger partial charge in [-0.1, -0.05) is 35.9 Å². The maximum absolute atomic E-state index is 11.8. The first-order valence-corrected chi connectivity index (χ1v) is 10.1. The second-order valence-corrected chi connectivity index (χ2v) is 7.27. The van der Waals surface area contributed by atoms with Crippen molar-refractivity contribution in [2.45, 2.75) is 13.0 Å². The van der Waals surface area contributed by atoms with Gasteiger partial charge < -0.3 is 15.4 Å². The van der Waals surface area contributed by atoms with Crippen LogP contribution in [0.15, 0.2) is 48.5 Å². The van der Waals surface area contributed by atoms with E-state index in [0.717, 1.165) is 23.3 Å². The number of rotatable bonds is 10. The van der Waals surface area contributed by atoms with E-state index in [1.807, 2.05) is 36.4 Å². The lowest BCUT2D eigenvalue weighted by Crippen LogP contribution is -2.29. The number of amides is 2. The van der Waals surface area contributed by atoms with Gasteiger partial charge in [-0.3, -0.25) is 9.59 Å². The predicted molar refractivity (Wildman–Crippen MR) is 110 cm³/mol.